The number of rotatable bonds is 16. The van der Waals surface area contributed by atoms with Crippen molar-refractivity contribution in [2.45, 2.75) is 47.0 Å². The van der Waals surface area contributed by atoms with Crippen molar-refractivity contribution in [2.24, 2.45) is 0 Å². The number of hydrogen-bond donors (Lipinski definition) is 6. The topological polar surface area (TPSA) is 197 Å². The number of nitrogens with one attached hydrogen (secondary N) is 6. The molecule has 0 radical (unpaired) electrons. The zero-order valence-electron chi connectivity index (χ0n) is 31.2. The van der Waals surface area contributed by atoms with Gasteiger partial charge in [0.2, 0.25) is 35.7 Å². The third-order valence-corrected chi connectivity index (χ3v) is 8.58. The summed E-state index contributed by atoms with van der Waals surface area (Å²) in [5, 5.41) is 38.2. The van der Waals surface area contributed by atoms with Crippen LogP contribution in [-0.2, 0) is 0 Å². The predicted molar refractivity (Wildman–Crippen MR) is 218 cm³/mol. The van der Waals surface area contributed by atoms with Crippen molar-refractivity contribution in [1.29, 1.82) is 10.5 Å². The number of nitriles is 2. The van der Waals surface area contributed by atoms with E-state index in [0.29, 0.717) is 59.9 Å². The second-order valence-electron chi connectivity index (χ2n) is 13.0. The molecule has 0 fully saturated rings. The van der Waals surface area contributed by atoms with Crippen molar-refractivity contribution in [1.82, 2.24) is 29.9 Å². The molecule has 0 bridgehead atoms. The Morgan fingerprint density at radius 2 is 0.927 bits per heavy atom. The summed E-state index contributed by atoms with van der Waals surface area (Å²) in [6.45, 7) is 9.47. The molecule has 0 unspecified atom stereocenters. The highest BCUT2D eigenvalue weighted by atomic mass is 15.3. The number of aromatic nitrogens is 6. The molecule has 0 aliphatic carbocycles. The van der Waals surface area contributed by atoms with Crippen LogP contribution in [0.2, 0.25) is 0 Å². The summed E-state index contributed by atoms with van der Waals surface area (Å²) in [6.07, 6.45) is 2.66. The van der Waals surface area contributed by atoms with Crippen LogP contribution >= 0.6 is 0 Å². The molecule has 55 heavy (non-hydrogen) atoms. The highest BCUT2D eigenvalue weighted by Gasteiger charge is 2.12. The van der Waals surface area contributed by atoms with Crippen LogP contribution in [0, 0.1) is 50.4 Å². The van der Waals surface area contributed by atoms with E-state index in [2.05, 4.69) is 86.9 Å². The first kappa shape index (κ1) is 37.4. The summed E-state index contributed by atoms with van der Waals surface area (Å²) in [4.78, 5) is 27.8. The van der Waals surface area contributed by atoms with E-state index in [1.807, 2.05) is 75.4 Å². The van der Waals surface area contributed by atoms with Crippen molar-refractivity contribution >= 4 is 58.4 Å². The Morgan fingerprint density at radius 3 is 1.40 bits per heavy atom. The highest BCUT2D eigenvalue weighted by molar-refractivity contribution is 5.65. The number of aryl methyl sites for hydroxylation is 4. The van der Waals surface area contributed by atoms with E-state index < -0.39 is 0 Å². The molecule has 0 aliphatic rings. The van der Waals surface area contributed by atoms with Gasteiger partial charge in [-0.25, -0.2) is 0 Å². The van der Waals surface area contributed by atoms with Crippen molar-refractivity contribution in [3.05, 3.63) is 118 Å². The van der Waals surface area contributed by atoms with Crippen LogP contribution in [0.1, 0.15) is 52.6 Å². The fourth-order valence-electron chi connectivity index (χ4n) is 5.67. The Kier molecular flexibility index (Phi) is 12.2. The zero-order chi connectivity index (χ0) is 38.6. The van der Waals surface area contributed by atoms with Crippen LogP contribution in [0.3, 0.4) is 0 Å². The Labute approximate surface area is 320 Å². The average Bonchev–Trinajstić information content (AvgIpc) is 3.17. The van der Waals surface area contributed by atoms with Crippen LogP contribution in [0.4, 0.5) is 58.4 Å². The standard InChI is InChI=1S/C41H42N14/c1-26-11-20-34(29(4)23-26)48-40-52-36(50-38(54-40)46-32-16-12-30(24-42)13-17-32)44-21-6-5-7-22-45-37-51-39(47-33-18-14-31(25-43)15-19-33)55-41(53-37)49-35-27(2)9-8-10-28(35)3/h8-20,23H,5-7,21-22H2,1-4H3,(H3,44,46,48,50,52,54)(H3,45,47,49,51,53,55). The van der Waals surface area contributed by atoms with Gasteiger partial charge < -0.3 is 31.9 Å². The molecule has 276 valence electrons. The minimum absolute atomic E-state index is 0.371. The maximum absolute atomic E-state index is 9.17. The molecule has 0 spiro atoms. The first-order valence-corrected chi connectivity index (χ1v) is 18.0. The summed E-state index contributed by atoms with van der Waals surface area (Å²) < 4.78 is 0. The molecule has 0 aliphatic heterocycles. The number of para-hydroxylation sites is 1. The summed E-state index contributed by atoms with van der Waals surface area (Å²) in [5.74, 6) is 2.43. The minimum Gasteiger partial charge on any atom is -0.354 e. The molecule has 0 saturated heterocycles. The van der Waals surface area contributed by atoms with Crippen molar-refractivity contribution in [3.8, 4) is 12.1 Å². The molecule has 0 amide bonds. The lowest BCUT2D eigenvalue weighted by Gasteiger charge is -2.14. The number of nitrogens with zero attached hydrogens (tertiary/aromatic N) is 8. The molecule has 0 atom stereocenters. The largest absolute Gasteiger partial charge is 0.354 e. The molecule has 6 aromatic rings. The van der Waals surface area contributed by atoms with E-state index >= 15 is 0 Å². The number of anilines is 10. The van der Waals surface area contributed by atoms with Gasteiger partial charge in [0.25, 0.3) is 0 Å². The molecule has 0 saturated carbocycles. The number of hydrogen-bond acceptors (Lipinski definition) is 14. The molecule has 6 N–H and O–H groups in total. The fourth-order valence-corrected chi connectivity index (χ4v) is 5.67. The first-order valence-electron chi connectivity index (χ1n) is 18.0. The molecular formula is C41H42N14. The summed E-state index contributed by atoms with van der Waals surface area (Å²) >= 11 is 0. The Bertz CT molecular complexity index is 2310. The fraction of sp³-hybridized carbons (Fsp3) is 0.220. The lowest BCUT2D eigenvalue weighted by Crippen LogP contribution is -2.12. The molecular weight excluding hydrogens is 689 g/mol. The van der Waals surface area contributed by atoms with Gasteiger partial charge in [-0.05, 0) is 118 Å². The first-order chi connectivity index (χ1) is 26.7. The maximum Gasteiger partial charge on any atom is 0.233 e. The van der Waals surface area contributed by atoms with Gasteiger partial charge in [-0.15, -0.1) is 0 Å². The van der Waals surface area contributed by atoms with Crippen LogP contribution in [0.5, 0.6) is 0 Å². The van der Waals surface area contributed by atoms with Crippen LogP contribution in [0.25, 0.3) is 0 Å². The van der Waals surface area contributed by atoms with Crippen LogP contribution < -0.4 is 31.9 Å². The molecule has 14 heteroatoms. The molecule has 6 rings (SSSR count). The van der Waals surface area contributed by atoms with E-state index in [9.17, 15) is 5.26 Å². The van der Waals surface area contributed by atoms with Crippen molar-refractivity contribution < 1.29 is 0 Å². The quantitative estimate of drug-likeness (QED) is 0.0517. The minimum atomic E-state index is 0.371. The van der Waals surface area contributed by atoms with Gasteiger partial charge in [0.05, 0.1) is 23.3 Å². The van der Waals surface area contributed by atoms with E-state index in [4.69, 9.17) is 5.26 Å². The Morgan fingerprint density at radius 1 is 0.473 bits per heavy atom. The second kappa shape index (κ2) is 17.9. The van der Waals surface area contributed by atoms with Gasteiger partial charge >= 0.3 is 0 Å². The molecule has 2 heterocycles. The van der Waals surface area contributed by atoms with Crippen LogP contribution in [-0.4, -0.2) is 43.0 Å². The monoisotopic (exact) mass is 730 g/mol. The lowest BCUT2D eigenvalue weighted by molar-refractivity contribution is 0.715. The summed E-state index contributed by atoms with van der Waals surface area (Å²) in [7, 11) is 0. The van der Waals surface area contributed by atoms with Gasteiger partial charge in [0, 0.05) is 35.8 Å². The van der Waals surface area contributed by atoms with Crippen molar-refractivity contribution in [3.63, 3.8) is 0 Å². The van der Waals surface area contributed by atoms with Crippen LogP contribution in [0.15, 0.2) is 84.9 Å². The molecule has 2 aromatic heterocycles. The van der Waals surface area contributed by atoms with Crippen molar-refractivity contribution in [2.75, 3.05) is 45.0 Å². The van der Waals surface area contributed by atoms with Gasteiger partial charge in [0.1, 0.15) is 0 Å². The summed E-state index contributed by atoms with van der Waals surface area (Å²) in [6, 6.07) is 30.7. The number of benzene rings is 4. The lowest BCUT2D eigenvalue weighted by atomic mass is 10.1. The summed E-state index contributed by atoms with van der Waals surface area (Å²) in [5.41, 5.74) is 8.91. The zero-order valence-corrected chi connectivity index (χ0v) is 31.2. The SMILES string of the molecule is Cc1ccc(Nc2nc(NCCCCCNc3nc(Nc4ccc(C#N)cc4)nc(Nc4c(C)cccc4C)n3)nc(Nc3ccc(C#N)cc3)n2)c(C)c1. The molecule has 4 aromatic carbocycles. The predicted octanol–water partition coefficient (Wildman–Crippen LogP) is 8.70. The smallest absolute Gasteiger partial charge is 0.233 e. The van der Waals surface area contributed by atoms with Gasteiger partial charge in [-0.1, -0.05) is 35.9 Å². The average molecular weight is 731 g/mol. The van der Waals surface area contributed by atoms with Gasteiger partial charge in [-0.3, -0.25) is 0 Å². The van der Waals surface area contributed by atoms with Gasteiger partial charge in [0.15, 0.2) is 0 Å². The Hall–Kier alpha value is -7.32. The van der Waals surface area contributed by atoms with Gasteiger partial charge in [-0.2, -0.15) is 40.4 Å². The molecule has 14 nitrogen and oxygen atoms in total. The third kappa shape index (κ3) is 10.6. The maximum atomic E-state index is 9.17. The number of unbranched alkanes of at least 4 members (excludes halogenated alkanes) is 2. The van der Waals surface area contributed by atoms with E-state index in [0.717, 1.165) is 58.7 Å². The highest BCUT2D eigenvalue weighted by Crippen LogP contribution is 2.25. The normalized spacial score (nSPS) is 10.5. The third-order valence-electron chi connectivity index (χ3n) is 8.58. The van der Waals surface area contributed by atoms with E-state index in [-0.39, 0.29) is 0 Å². The van der Waals surface area contributed by atoms with E-state index in [1.54, 1.807) is 24.3 Å². The Balaban J connectivity index is 1.07. The second-order valence-corrected chi connectivity index (χ2v) is 13.0. The van der Waals surface area contributed by atoms with E-state index in [1.165, 1.54) is 5.56 Å².